The van der Waals surface area contributed by atoms with Crippen LogP contribution >= 0.6 is 0 Å². The molecule has 0 radical (unpaired) electrons. The van der Waals surface area contributed by atoms with Crippen molar-refractivity contribution in [3.05, 3.63) is 64.0 Å². The predicted octanol–water partition coefficient (Wildman–Crippen LogP) is 3.66. The van der Waals surface area contributed by atoms with E-state index in [4.69, 9.17) is 10.2 Å². The van der Waals surface area contributed by atoms with E-state index in [0.29, 0.717) is 16.8 Å². The van der Waals surface area contributed by atoms with E-state index in [2.05, 4.69) is 0 Å². The quantitative estimate of drug-likeness (QED) is 0.683. The van der Waals surface area contributed by atoms with Crippen molar-refractivity contribution in [1.29, 1.82) is 0 Å². The van der Waals surface area contributed by atoms with Gasteiger partial charge >= 0.3 is 5.63 Å². The second kappa shape index (κ2) is 4.53. The van der Waals surface area contributed by atoms with Crippen molar-refractivity contribution in [3.63, 3.8) is 0 Å². The molecule has 3 aromatic rings. The average Bonchev–Trinajstić information content (AvgIpc) is 2.43. The van der Waals surface area contributed by atoms with Crippen LogP contribution in [0.25, 0.3) is 22.1 Å². The highest BCUT2D eigenvalue weighted by atomic mass is 16.4. The number of nitrogen functional groups attached to an aromatic ring is 1. The highest BCUT2D eigenvalue weighted by Gasteiger charge is 2.14. The van der Waals surface area contributed by atoms with Gasteiger partial charge < -0.3 is 10.2 Å². The monoisotopic (exact) mass is 265 g/mol. The largest absolute Gasteiger partial charge is 0.422 e. The minimum Gasteiger partial charge on any atom is -0.422 e. The molecule has 3 heteroatoms. The SMILES string of the molecule is Cc1cc2oc(=O)c(-c3ccccc3)c(N)c2cc1C. The lowest BCUT2D eigenvalue weighted by Gasteiger charge is -2.09. The molecule has 0 fully saturated rings. The summed E-state index contributed by atoms with van der Waals surface area (Å²) in [4.78, 5) is 12.2. The van der Waals surface area contributed by atoms with E-state index in [-0.39, 0.29) is 0 Å². The van der Waals surface area contributed by atoms with E-state index in [1.165, 1.54) is 0 Å². The number of rotatable bonds is 1. The summed E-state index contributed by atoms with van der Waals surface area (Å²) in [6.45, 7) is 4.00. The van der Waals surface area contributed by atoms with E-state index >= 15 is 0 Å². The van der Waals surface area contributed by atoms with Gasteiger partial charge in [-0.25, -0.2) is 4.79 Å². The van der Waals surface area contributed by atoms with Gasteiger partial charge in [-0.3, -0.25) is 0 Å². The van der Waals surface area contributed by atoms with Gasteiger partial charge in [0.25, 0.3) is 0 Å². The summed E-state index contributed by atoms with van der Waals surface area (Å²) in [5.74, 6) is 0. The van der Waals surface area contributed by atoms with Crippen LogP contribution in [0.5, 0.6) is 0 Å². The maximum atomic E-state index is 12.2. The summed E-state index contributed by atoms with van der Waals surface area (Å²) in [5.41, 5.74) is 10.2. The predicted molar refractivity (Wildman–Crippen MR) is 81.8 cm³/mol. The summed E-state index contributed by atoms with van der Waals surface area (Å²) in [5, 5.41) is 0.784. The first-order chi connectivity index (χ1) is 9.58. The van der Waals surface area contributed by atoms with Crippen molar-refractivity contribution in [2.24, 2.45) is 0 Å². The Hall–Kier alpha value is -2.55. The molecule has 0 saturated carbocycles. The fraction of sp³-hybridized carbons (Fsp3) is 0.118. The van der Waals surface area contributed by atoms with Gasteiger partial charge in [-0.05, 0) is 42.7 Å². The highest BCUT2D eigenvalue weighted by Crippen LogP contribution is 2.30. The van der Waals surface area contributed by atoms with E-state index in [9.17, 15) is 4.79 Å². The van der Waals surface area contributed by atoms with E-state index in [1.54, 1.807) is 0 Å². The molecule has 0 aliphatic heterocycles. The molecule has 1 aromatic heterocycles. The Morgan fingerprint density at radius 3 is 2.35 bits per heavy atom. The normalized spacial score (nSPS) is 10.9. The zero-order valence-electron chi connectivity index (χ0n) is 11.4. The summed E-state index contributed by atoms with van der Waals surface area (Å²) in [6.07, 6.45) is 0. The van der Waals surface area contributed by atoms with Crippen LogP contribution in [0.3, 0.4) is 0 Å². The Bertz CT molecular complexity index is 848. The molecule has 20 heavy (non-hydrogen) atoms. The Labute approximate surface area is 116 Å². The molecule has 0 aliphatic carbocycles. The van der Waals surface area contributed by atoms with Crippen LogP contribution in [-0.4, -0.2) is 0 Å². The van der Waals surface area contributed by atoms with Gasteiger partial charge in [0.15, 0.2) is 0 Å². The van der Waals surface area contributed by atoms with E-state index in [1.807, 2.05) is 56.3 Å². The Morgan fingerprint density at radius 2 is 1.65 bits per heavy atom. The molecule has 0 aliphatic rings. The Morgan fingerprint density at radius 1 is 1.00 bits per heavy atom. The molecule has 0 unspecified atom stereocenters. The molecular weight excluding hydrogens is 250 g/mol. The number of nitrogens with two attached hydrogens (primary N) is 1. The van der Waals surface area contributed by atoms with Crippen molar-refractivity contribution < 1.29 is 4.42 Å². The summed E-state index contributed by atoms with van der Waals surface area (Å²) >= 11 is 0. The van der Waals surface area contributed by atoms with Crippen LogP contribution in [-0.2, 0) is 0 Å². The van der Waals surface area contributed by atoms with E-state index < -0.39 is 5.63 Å². The van der Waals surface area contributed by atoms with Gasteiger partial charge in [0.1, 0.15) is 5.58 Å². The first-order valence-electron chi connectivity index (χ1n) is 6.47. The van der Waals surface area contributed by atoms with E-state index in [0.717, 1.165) is 22.1 Å². The van der Waals surface area contributed by atoms with Gasteiger partial charge in [0, 0.05) is 5.39 Å². The number of anilines is 1. The summed E-state index contributed by atoms with van der Waals surface area (Å²) in [6, 6.07) is 13.2. The molecule has 3 nitrogen and oxygen atoms in total. The Balaban J connectivity index is 2.41. The second-order valence-corrected chi connectivity index (χ2v) is 4.98. The van der Waals surface area contributed by atoms with Gasteiger partial charge in [-0.15, -0.1) is 0 Å². The van der Waals surface area contributed by atoms with Crippen LogP contribution in [0.4, 0.5) is 5.69 Å². The highest BCUT2D eigenvalue weighted by molar-refractivity contribution is 5.97. The first kappa shape index (κ1) is 12.5. The minimum atomic E-state index is -0.399. The zero-order valence-corrected chi connectivity index (χ0v) is 11.4. The number of hydrogen-bond acceptors (Lipinski definition) is 3. The molecule has 0 spiro atoms. The molecule has 0 atom stereocenters. The van der Waals surface area contributed by atoms with Crippen LogP contribution in [0.2, 0.25) is 0 Å². The molecular formula is C17H15NO2. The lowest BCUT2D eigenvalue weighted by molar-refractivity contribution is 0.564. The number of hydrogen-bond donors (Lipinski definition) is 1. The van der Waals surface area contributed by atoms with Gasteiger partial charge in [-0.2, -0.15) is 0 Å². The third kappa shape index (κ3) is 1.88. The molecule has 0 saturated heterocycles. The van der Waals surface area contributed by atoms with Crippen molar-refractivity contribution in [3.8, 4) is 11.1 Å². The van der Waals surface area contributed by atoms with Crippen molar-refractivity contribution in [2.75, 3.05) is 5.73 Å². The number of fused-ring (bicyclic) bond motifs is 1. The number of benzene rings is 2. The molecule has 2 aromatic carbocycles. The standard InChI is InChI=1S/C17H15NO2/c1-10-8-13-14(9-11(10)2)20-17(19)15(16(13)18)12-6-4-3-5-7-12/h3-9H,18H2,1-2H3. The summed E-state index contributed by atoms with van der Waals surface area (Å²) < 4.78 is 5.43. The molecule has 1 heterocycles. The summed E-state index contributed by atoms with van der Waals surface area (Å²) in [7, 11) is 0. The van der Waals surface area contributed by atoms with Crippen LogP contribution < -0.4 is 11.4 Å². The van der Waals surface area contributed by atoms with Crippen LogP contribution in [0.1, 0.15) is 11.1 Å². The third-order valence-electron chi connectivity index (χ3n) is 3.62. The fourth-order valence-electron chi connectivity index (χ4n) is 2.36. The molecule has 3 rings (SSSR count). The van der Waals surface area contributed by atoms with Gasteiger partial charge in [0.2, 0.25) is 0 Å². The topological polar surface area (TPSA) is 56.2 Å². The molecule has 100 valence electrons. The van der Waals surface area contributed by atoms with Crippen LogP contribution in [0.15, 0.2) is 51.7 Å². The smallest absolute Gasteiger partial charge is 0.346 e. The van der Waals surface area contributed by atoms with Crippen molar-refractivity contribution in [2.45, 2.75) is 13.8 Å². The lowest BCUT2D eigenvalue weighted by Crippen LogP contribution is -2.08. The second-order valence-electron chi connectivity index (χ2n) is 4.98. The number of aryl methyl sites for hydroxylation is 2. The van der Waals surface area contributed by atoms with Gasteiger partial charge in [-0.1, -0.05) is 30.3 Å². The third-order valence-corrected chi connectivity index (χ3v) is 3.62. The van der Waals surface area contributed by atoms with Gasteiger partial charge in [0.05, 0.1) is 11.3 Å². The zero-order chi connectivity index (χ0) is 14.3. The minimum absolute atomic E-state index is 0.399. The molecule has 2 N–H and O–H groups in total. The fourth-order valence-corrected chi connectivity index (χ4v) is 2.36. The maximum absolute atomic E-state index is 12.2. The average molecular weight is 265 g/mol. The van der Waals surface area contributed by atoms with Crippen LogP contribution in [0, 0.1) is 13.8 Å². The first-order valence-corrected chi connectivity index (χ1v) is 6.47. The lowest BCUT2D eigenvalue weighted by atomic mass is 10.0. The maximum Gasteiger partial charge on any atom is 0.346 e. The molecule has 0 amide bonds. The van der Waals surface area contributed by atoms with Crippen molar-refractivity contribution in [1.82, 2.24) is 0 Å². The Kier molecular flexibility index (Phi) is 2.83. The molecule has 0 bridgehead atoms. The van der Waals surface area contributed by atoms with Crippen molar-refractivity contribution >= 4 is 16.7 Å².